The van der Waals surface area contributed by atoms with Gasteiger partial charge in [0.05, 0.1) is 5.69 Å². The van der Waals surface area contributed by atoms with Crippen molar-refractivity contribution in [1.82, 2.24) is 14.5 Å². The van der Waals surface area contributed by atoms with Crippen LogP contribution in [0.15, 0.2) is 59.5 Å². The van der Waals surface area contributed by atoms with E-state index in [0.29, 0.717) is 17.4 Å². The molecule has 0 saturated carbocycles. The summed E-state index contributed by atoms with van der Waals surface area (Å²) in [5, 5.41) is 1.24. The molecular formula is C27H26FN3O2. The van der Waals surface area contributed by atoms with Crippen LogP contribution in [0.25, 0.3) is 16.6 Å². The number of nitrogens with one attached hydrogen (secondary N) is 1. The Morgan fingerprint density at radius 1 is 1.15 bits per heavy atom. The van der Waals surface area contributed by atoms with Crippen LogP contribution in [0.2, 0.25) is 0 Å². The van der Waals surface area contributed by atoms with E-state index in [9.17, 15) is 9.18 Å². The average molecular weight is 444 g/mol. The van der Waals surface area contributed by atoms with Gasteiger partial charge in [-0.15, -0.1) is 0 Å². The molecule has 4 heterocycles. The molecule has 33 heavy (non-hydrogen) atoms. The Balaban J connectivity index is 1.25. The quantitative estimate of drug-likeness (QED) is 0.490. The van der Waals surface area contributed by atoms with E-state index in [0.717, 1.165) is 29.7 Å². The number of hydrogen-bond acceptors (Lipinski definition) is 3. The zero-order valence-electron chi connectivity index (χ0n) is 18.6. The third-order valence-electron chi connectivity index (χ3n) is 7.05. The smallest absolute Gasteiger partial charge is 0.258 e. The number of aromatic nitrogens is 2. The number of fused-ring (bicyclic) bond motifs is 4. The van der Waals surface area contributed by atoms with Gasteiger partial charge in [-0.2, -0.15) is 0 Å². The van der Waals surface area contributed by atoms with Crippen LogP contribution in [0, 0.1) is 12.7 Å². The molecule has 1 N–H and O–H groups in total. The maximum absolute atomic E-state index is 14.0. The maximum atomic E-state index is 14.0. The largest absolute Gasteiger partial charge is 0.489 e. The second kappa shape index (κ2) is 7.89. The normalized spacial score (nSPS) is 17.8. The van der Waals surface area contributed by atoms with Gasteiger partial charge in [0.1, 0.15) is 18.2 Å². The van der Waals surface area contributed by atoms with Crippen LogP contribution in [0.4, 0.5) is 4.39 Å². The van der Waals surface area contributed by atoms with Crippen molar-refractivity contribution in [2.24, 2.45) is 0 Å². The van der Waals surface area contributed by atoms with Crippen LogP contribution in [-0.2, 0) is 19.6 Å². The van der Waals surface area contributed by atoms with Crippen LogP contribution < -0.4 is 10.3 Å². The van der Waals surface area contributed by atoms with Gasteiger partial charge in [-0.3, -0.25) is 14.3 Å². The number of ether oxygens (including phenoxy) is 1. The lowest BCUT2D eigenvalue weighted by atomic mass is 9.99. The van der Waals surface area contributed by atoms with Crippen molar-refractivity contribution in [1.29, 1.82) is 0 Å². The van der Waals surface area contributed by atoms with Gasteiger partial charge in [-0.25, -0.2) is 4.39 Å². The molecular weight excluding hydrogens is 417 g/mol. The first kappa shape index (κ1) is 20.2. The molecule has 168 valence electrons. The van der Waals surface area contributed by atoms with Crippen molar-refractivity contribution in [3.8, 4) is 11.4 Å². The number of hydrogen-bond donors (Lipinski definition) is 1. The molecule has 1 unspecified atom stereocenters. The molecule has 0 bridgehead atoms. The molecule has 1 atom stereocenters. The summed E-state index contributed by atoms with van der Waals surface area (Å²) in [7, 11) is 0. The van der Waals surface area contributed by atoms with Crippen molar-refractivity contribution in [2.75, 3.05) is 6.54 Å². The molecule has 6 heteroatoms. The van der Waals surface area contributed by atoms with Crippen molar-refractivity contribution >= 4 is 10.9 Å². The van der Waals surface area contributed by atoms with Gasteiger partial charge in [-0.1, -0.05) is 18.2 Å². The summed E-state index contributed by atoms with van der Waals surface area (Å²) in [6.07, 6.45) is 5.36. The second-order valence-electron chi connectivity index (χ2n) is 9.24. The van der Waals surface area contributed by atoms with Crippen LogP contribution in [0.3, 0.4) is 0 Å². The zero-order chi connectivity index (χ0) is 22.5. The summed E-state index contributed by atoms with van der Waals surface area (Å²) >= 11 is 0. The Morgan fingerprint density at radius 3 is 2.91 bits per heavy atom. The Labute approximate surface area is 191 Å². The fraction of sp³-hybridized carbons (Fsp3) is 0.296. The van der Waals surface area contributed by atoms with E-state index in [1.165, 1.54) is 48.2 Å². The molecule has 2 aromatic carbocycles. The Hall–Kier alpha value is -3.38. The fourth-order valence-corrected chi connectivity index (χ4v) is 5.27. The molecule has 0 radical (unpaired) electrons. The molecule has 1 saturated heterocycles. The number of aromatic amines is 1. The zero-order valence-corrected chi connectivity index (χ0v) is 18.6. The molecule has 6 rings (SSSR count). The Bertz CT molecular complexity index is 1420. The van der Waals surface area contributed by atoms with E-state index in [2.05, 4.69) is 16.0 Å². The standard InChI is InChI=1S/C27H26FN3O2/c1-17-4-5-18(24(28)11-17)16-33-21-8-10-31(27(32)14-21)20-6-7-22-23-15-30-9-2-3-19(30)12-26(23)29-25(22)13-20/h4-8,10-11,13-14,19,29H,2-3,9,12,15-16H2,1H3. The minimum atomic E-state index is -0.300. The van der Waals surface area contributed by atoms with Crippen LogP contribution in [0.5, 0.6) is 5.75 Å². The van der Waals surface area contributed by atoms with Gasteiger partial charge < -0.3 is 9.72 Å². The third-order valence-corrected chi connectivity index (χ3v) is 7.05. The highest BCUT2D eigenvalue weighted by Crippen LogP contribution is 2.34. The minimum Gasteiger partial charge on any atom is -0.489 e. The monoisotopic (exact) mass is 443 g/mol. The molecule has 2 aliphatic rings. The highest BCUT2D eigenvalue weighted by molar-refractivity contribution is 5.86. The molecule has 0 aliphatic carbocycles. The first-order valence-electron chi connectivity index (χ1n) is 11.5. The number of benzene rings is 2. The minimum absolute atomic E-state index is 0.0770. The number of pyridine rings is 1. The summed E-state index contributed by atoms with van der Waals surface area (Å²) in [5.41, 5.74) is 5.75. The highest BCUT2D eigenvalue weighted by atomic mass is 19.1. The molecule has 4 aromatic rings. The lowest BCUT2D eigenvalue weighted by molar-refractivity contribution is 0.227. The van der Waals surface area contributed by atoms with E-state index in [1.807, 2.05) is 25.1 Å². The number of rotatable bonds is 4. The molecule has 0 amide bonds. The van der Waals surface area contributed by atoms with Gasteiger partial charge >= 0.3 is 0 Å². The predicted octanol–water partition coefficient (Wildman–Crippen LogP) is 4.87. The van der Waals surface area contributed by atoms with E-state index in [-0.39, 0.29) is 18.0 Å². The van der Waals surface area contributed by atoms with Gasteiger partial charge in [0.25, 0.3) is 5.56 Å². The predicted molar refractivity (Wildman–Crippen MR) is 127 cm³/mol. The first-order valence-corrected chi connectivity index (χ1v) is 11.5. The fourth-order valence-electron chi connectivity index (χ4n) is 5.27. The van der Waals surface area contributed by atoms with Crippen LogP contribution in [-0.4, -0.2) is 27.0 Å². The van der Waals surface area contributed by atoms with Crippen LogP contribution >= 0.6 is 0 Å². The molecule has 2 aromatic heterocycles. The van der Waals surface area contributed by atoms with Crippen molar-refractivity contribution in [3.63, 3.8) is 0 Å². The van der Waals surface area contributed by atoms with E-state index in [1.54, 1.807) is 22.9 Å². The summed E-state index contributed by atoms with van der Waals surface area (Å²) in [5.74, 6) is 0.124. The summed E-state index contributed by atoms with van der Waals surface area (Å²) < 4.78 is 21.3. The van der Waals surface area contributed by atoms with Crippen LogP contribution in [0.1, 0.15) is 35.2 Å². The molecule has 5 nitrogen and oxygen atoms in total. The summed E-state index contributed by atoms with van der Waals surface area (Å²) in [4.78, 5) is 19.0. The van der Waals surface area contributed by atoms with Crippen molar-refractivity contribution in [3.05, 3.63) is 93.3 Å². The summed E-state index contributed by atoms with van der Waals surface area (Å²) in [6.45, 7) is 4.12. The maximum Gasteiger partial charge on any atom is 0.258 e. The number of H-pyrrole nitrogens is 1. The SMILES string of the molecule is Cc1ccc(COc2ccn(-c3ccc4c5c([nH]c4c3)CC3CCCN3C5)c(=O)c2)c(F)c1. The number of halogens is 1. The van der Waals surface area contributed by atoms with Gasteiger partial charge in [0, 0.05) is 53.4 Å². The Morgan fingerprint density at radius 2 is 2.06 bits per heavy atom. The molecule has 2 aliphatic heterocycles. The second-order valence-corrected chi connectivity index (χ2v) is 9.24. The van der Waals surface area contributed by atoms with E-state index in [4.69, 9.17) is 4.74 Å². The van der Waals surface area contributed by atoms with Crippen molar-refractivity contribution < 1.29 is 9.13 Å². The Kier molecular flexibility index (Phi) is 4.84. The van der Waals surface area contributed by atoms with Gasteiger partial charge in [-0.05, 0) is 61.7 Å². The summed E-state index contributed by atoms with van der Waals surface area (Å²) in [6, 6.07) is 15.0. The molecule has 1 fully saturated rings. The lowest BCUT2D eigenvalue weighted by Gasteiger charge is -2.29. The average Bonchev–Trinajstić information content (AvgIpc) is 3.40. The van der Waals surface area contributed by atoms with E-state index >= 15 is 0 Å². The third kappa shape index (κ3) is 3.64. The lowest BCUT2D eigenvalue weighted by Crippen LogP contribution is -2.34. The van der Waals surface area contributed by atoms with Gasteiger partial charge in [0.2, 0.25) is 0 Å². The van der Waals surface area contributed by atoms with Gasteiger partial charge in [0.15, 0.2) is 0 Å². The molecule has 0 spiro atoms. The number of aryl methyl sites for hydroxylation is 1. The van der Waals surface area contributed by atoms with Crippen molar-refractivity contribution in [2.45, 2.75) is 45.4 Å². The number of nitrogens with zero attached hydrogens (tertiary/aromatic N) is 2. The first-order chi connectivity index (χ1) is 16.0. The topological polar surface area (TPSA) is 50.3 Å². The van der Waals surface area contributed by atoms with E-state index < -0.39 is 0 Å². The highest BCUT2D eigenvalue weighted by Gasteiger charge is 2.31.